The van der Waals surface area contributed by atoms with Crippen molar-refractivity contribution in [1.82, 2.24) is 20.1 Å². The Hall–Kier alpha value is -2.18. The van der Waals surface area contributed by atoms with E-state index >= 15 is 0 Å². The summed E-state index contributed by atoms with van der Waals surface area (Å²) in [6.45, 7) is 7.62. The summed E-state index contributed by atoms with van der Waals surface area (Å²) in [5.41, 5.74) is 1.03. The van der Waals surface area contributed by atoms with Gasteiger partial charge >= 0.3 is 0 Å². The van der Waals surface area contributed by atoms with Crippen molar-refractivity contribution in [2.75, 3.05) is 23.7 Å². The van der Waals surface area contributed by atoms with Crippen LogP contribution in [0.3, 0.4) is 0 Å². The average molecular weight is 276 g/mol. The standard InChI is InChI=1S/C13H20N6O/c1-4-6-14-12-9(2)13(18-10(3)17-12)15-7-5-11-16-8-20-19-11/h8H,4-7H2,1-3H3,(H2,14,15,17,18). The van der Waals surface area contributed by atoms with E-state index in [4.69, 9.17) is 4.52 Å². The lowest BCUT2D eigenvalue weighted by Gasteiger charge is -2.13. The molecule has 0 atom stereocenters. The topological polar surface area (TPSA) is 88.8 Å². The van der Waals surface area contributed by atoms with Crippen molar-refractivity contribution in [3.63, 3.8) is 0 Å². The maximum Gasteiger partial charge on any atom is 0.213 e. The van der Waals surface area contributed by atoms with Crippen molar-refractivity contribution >= 4 is 11.6 Å². The molecule has 0 radical (unpaired) electrons. The zero-order valence-corrected chi connectivity index (χ0v) is 12.1. The maximum atomic E-state index is 4.70. The van der Waals surface area contributed by atoms with Crippen molar-refractivity contribution in [3.05, 3.63) is 23.6 Å². The number of aromatic nitrogens is 4. The van der Waals surface area contributed by atoms with Gasteiger partial charge in [-0.15, -0.1) is 0 Å². The summed E-state index contributed by atoms with van der Waals surface area (Å²) >= 11 is 0. The van der Waals surface area contributed by atoms with Gasteiger partial charge in [0.1, 0.15) is 17.5 Å². The summed E-state index contributed by atoms with van der Waals surface area (Å²) in [4.78, 5) is 12.8. The molecule has 0 aliphatic rings. The van der Waals surface area contributed by atoms with Crippen LogP contribution in [0.5, 0.6) is 0 Å². The van der Waals surface area contributed by atoms with Crippen LogP contribution in [0, 0.1) is 13.8 Å². The lowest BCUT2D eigenvalue weighted by molar-refractivity contribution is 0.410. The number of hydrogen-bond donors (Lipinski definition) is 2. The van der Waals surface area contributed by atoms with Gasteiger partial charge in [0, 0.05) is 25.1 Å². The molecule has 0 spiro atoms. The van der Waals surface area contributed by atoms with Gasteiger partial charge in [0.15, 0.2) is 5.82 Å². The third-order valence-electron chi connectivity index (χ3n) is 2.85. The molecule has 0 saturated heterocycles. The quantitative estimate of drug-likeness (QED) is 0.799. The fourth-order valence-corrected chi connectivity index (χ4v) is 1.81. The van der Waals surface area contributed by atoms with E-state index in [2.05, 4.69) is 37.7 Å². The van der Waals surface area contributed by atoms with E-state index in [0.29, 0.717) is 18.8 Å². The average Bonchev–Trinajstić information content (AvgIpc) is 2.94. The van der Waals surface area contributed by atoms with Crippen LogP contribution >= 0.6 is 0 Å². The van der Waals surface area contributed by atoms with Crippen LogP contribution in [0.1, 0.15) is 30.6 Å². The molecule has 2 heterocycles. The molecule has 0 aromatic carbocycles. The van der Waals surface area contributed by atoms with E-state index in [0.717, 1.165) is 36.0 Å². The van der Waals surface area contributed by atoms with Crippen molar-refractivity contribution in [2.45, 2.75) is 33.6 Å². The number of nitrogens with one attached hydrogen (secondary N) is 2. The van der Waals surface area contributed by atoms with Gasteiger partial charge in [0.05, 0.1) is 0 Å². The molecule has 7 nitrogen and oxygen atoms in total. The highest BCUT2D eigenvalue weighted by Crippen LogP contribution is 2.19. The van der Waals surface area contributed by atoms with E-state index in [-0.39, 0.29) is 0 Å². The Morgan fingerprint density at radius 1 is 1.10 bits per heavy atom. The number of hydrogen-bond acceptors (Lipinski definition) is 7. The largest absolute Gasteiger partial charge is 0.370 e. The fourth-order valence-electron chi connectivity index (χ4n) is 1.81. The van der Waals surface area contributed by atoms with Gasteiger partial charge in [-0.05, 0) is 20.3 Å². The molecule has 0 aliphatic carbocycles. The number of rotatable bonds is 7. The second-order valence-corrected chi connectivity index (χ2v) is 4.54. The Kier molecular flexibility index (Phi) is 4.86. The SMILES string of the molecule is CCCNc1nc(C)nc(NCCc2ncon2)c1C. The second-order valence-electron chi connectivity index (χ2n) is 4.54. The maximum absolute atomic E-state index is 4.70. The molecule has 0 amide bonds. The summed E-state index contributed by atoms with van der Waals surface area (Å²) in [5, 5.41) is 10.4. The number of anilines is 2. The highest BCUT2D eigenvalue weighted by atomic mass is 16.5. The van der Waals surface area contributed by atoms with Gasteiger partial charge in [-0.2, -0.15) is 4.98 Å². The number of aryl methyl sites for hydroxylation is 1. The van der Waals surface area contributed by atoms with E-state index < -0.39 is 0 Å². The predicted molar refractivity (Wildman–Crippen MR) is 76.8 cm³/mol. The second kappa shape index (κ2) is 6.83. The third-order valence-corrected chi connectivity index (χ3v) is 2.85. The normalized spacial score (nSPS) is 10.6. The van der Waals surface area contributed by atoms with Gasteiger partial charge in [-0.25, -0.2) is 9.97 Å². The molecular weight excluding hydrogens is 256 g/mol. The van der Waals surface area contributed by atoms with Crippen LogP contribution in [-0.2, 0) is 6.42 Å². The van der Waals surface area contributed by atoms with Crippen molar-refractivity contribution in [3.8, 4) is 0 Å². The van der Waals surface area contributed by atoms with E-state index in [1.165, 1.54) is 6.39 Å². The molecule has 7 heteroatoms. The van der Waals surface area contributed by atoms with Crippen molar-refractivity contribution < 1.29 is 4.52 Å². The van der Waals surface area contributed by atoms with Gasteiger partial charge in [-0.1, -0.05) is 12.1 Å². The number of nitrogens with zero attached hydrogens (tertiary/aromatic N) is 4. The zero-order valence-electron chi connectivity index (χ0n) is 12.1. The van der Waals surface area contributed by atoms with Crippen LogP contribution in [0.15, 0.2) is 10.9 Å². The first kappa shape index (κ1) is 14.2. The molecular formula is C13H20N6O. The molecule has 0 saturated carbocycles. The summed E-state index contributed by atoms with van der Waals surface area (Å²) in [5.74, 6) is 3.17. The first-order chi connectivity index (χ1) is 9.70. The van der Waals surface area contributed by atoms with Crippen LogP contribution in [-0.4, -0.2) is 33.2 Å². The van der Waals surface area contributed by atoms with Crippen LogP contribution in [0.4, 0.5) is 11.6 Å². The highest BCUT2D eigenvalue weighted by Gasteiger charge is 2.08. The van der Waals surface area contributed by atoms with Crippen LogP contribution < -0.4 is 10.6 Å². The Morgan fingerprint density at radius 3 is 2.40 bits per heavy atom. The monoisotopic (exact) mass is 276 g/mol. The summed E-state index contributed by atoms with van der Waals surface area (Å²) in [6.07, 6.45) is 3.09. The fraction of sp³-hybridized carbons (Fsp3) is 0.538. The summed E-state index contributed by atoms with van der Waals surface area (Å²) in [7, 11) is 0. The first-order valence-corrected chi connectivity index (χ1v) is 6.79. The molecule has 0 unspecified atom stereocenters. The third kappa shape index (κ3) is 3.66. The molecule has 0 bridgehead atoms. The highest BCUT2D eigenvalue weighted by molar-refractivity contribution is 5.57. The Labute approximate surface area is 118 Å². The van der Waals surface area contributed by atoms with Crippen molar-refractivity contribution in [2.24, 2.45) is 0 Å². The van der Waals surface area contributed by atoms with Crippen molar-refractivity contribution in [1.29, 1.82) is 0 Å². The lowest BCUT2D eigenvalue weighted by Crippen LogP contribution is -2.12. The first-order valence-electron chi connectivity index (χ1n) is 6.79. The molecule has 0 aliphatic heterocycles. The smallest absolute Gasteiger partial charge is 0.213 e. The van der Waals surface area contributed by atoms with Crippen LogP contribution in [0.25, 0.3) is 0 Å². The molecule has 2 N–H and O–H groups in total. The molecule has 0 fully saturated rings. The summed E-state index contributed by atoms with van der Waals surface area (Å²) in [6, 6.07) is 0. The molecule has 2 aromatic rings. The minimum Gasteiger partial charge on any atom is -0.370 e. The molecule has 108 valence electrons. The molecule has 20 heavy (non-hydrogen) atoms. The van der Waals surface area contributed by atoms with Gasteiger partial charge in [0.25, 0.3) is 0 Å². The van der Waals surface area contributed by atoms with Gasteiger partial charge in [-0.3, -0.25) is 0 Å². The van der Waals surface area contributed by atoms with Gasteiger partial charge < -0.3 is 15.2 Å². The van der Waals surface area contributed by atoms with Gasteiger partial charge in [0.2, 0.25) is 6.39 Å². The zero-order chi connectivity index (χ0) is 14.4. The summed E-state index contributed by atoms with van der Waals surface area (Å²) < 4.78 is 4.70. The molecule has 2 rings (SSSR count). The van der Waals surface area contributed by atoms with E-state index in [1.807, 2.05) is 13.8 Å². The Balaban J connectivity index is 2.01. The van der Waals surface area contributed by atoms with E-state index in [1.54, 1.807) is 0 Å². The minimum atomic E-state index is 0.685. The van der Waals surface area contributed by atoms with E-state index in [9.17, 15) is 0 Å². The molecule has 2 aromatic heterocycles. The van der Waals surface area contributed by atoms with Crippen LogP contribution in [0.2, 0.25) is 0 Å². The predicted octanol–water partition coefficient (Wildman–Crippen LogP) is 1.95. The Morgan fingerprint density at radius 2 is 1.80 bits per heavy atom. The minimum absolute atomic E-state index is 0.685. The Bertz CT molecular complexity index is 540. The lowest BCUT2D eigenvalue weighted by atomic mass is 10.3.